The molecular weight excluding hydrogens is 326 g/mol. The molecule has 2 unspecified atom stereocenters. The Morgan fingerprint density at radius 3 is 2.88 bits per heavy atom. The second kappa shape index (κ2) is 8.11. The topological polar surface area (TPSA) is 71.8 Å². The monoisotopic (exact) mass is 355 g/mol. The first-order valence-corrected chi connectivity index (χ1v) is 9.57. The van der Waals surface area contributed by atoms with Crippen LogP contribution in [0.1, 0.15) is 32.4 Å². The van der Waals surface area contributed by atoms with Crippen LogP contribution in [0.5, 0.6) is 0 Å². The van der Waals surface area contributed by atoms with E-state index >= 15 is 0 Å². The number of hydrogen-bond acceptors (Lipinski definition) is 4. The first kappa shape index (κ1) is 18.9. The summed E-state index contributed by atoms with van der Waals surface area (Å²) in [7, 11) is 2.81. The normalized spacial score (nSPS) is 21.0. The van der Waals surface area contributed by atoms with Gasteiger partial charge in [-0.2, -0.15) is 5.10 Å². The van der Waals surface area contributed by atoms with E-state index in [1.165, 1.54) is 0 Å². The summed E-state index contributed by atoms with van der Waals surface area (Å²) in [5.41, 5.74) is 1.08. The Morgan fingerprint density at radius 1 is 1.54 bits per heavy atom. The van der Waals surface area contributed by atoms with Crippen LogP contribution in [-0.4, -0.2) is 68.6 Å². The summed E-state index contributed by atoms with van der Waals surface area (Å²) in [6, 6.07) is 0. The first-order valence-electron chi connectivity index (χ1n) is 8.25. The standard InChI is InChI=1S/C16H29N5O2S/c1-16(2,3)24(22)9-6-18-15(17-4)21-7-8-23-14(12-21)13-10-19-20(5)11-13/h10-11,14H,6-9,12H2,1-5H3,(H,17,18). The van der Waals surface area contributed by atoms with Crippen LogP contribution in [0.2, 0.25) is 0 Å². The highest BCUT2D eigenvalue weighted by molar-refractivity contribution is 7.86. The van der Waals surface area contributed by atoms with Gasteiger partial charge in [-0.25, -0.2) is 0 Å². The number of aryl methyl sites for hydroxylation is 1. The van der Waals surface area contributed by atoms with Crippen LogP contribution in [0.25, 0.3) is 0 Å². The molecule has 1 aliphatic heterocycles. The fourth-order valence-corrected chi connectivity index (χ4v) is 3.44. The maximum atomic E-state index is 12.1. The minimum absolute atomic E-state index is 0.00490. The van der Waals surface area contributed by atoms with Crippen LogP contribution in [0.4, 0.5) is 0 Å². The summed E-state index contributed by atoms with van der Waals surface area (Å²) in [4.78, 5) is 6.54. The molecule has 1 N–H and O–H groups in total. The van der Waals surface area contributed by atoms with Crippen molar-refractivity contribution in [1.82, 2.24) is 20.0 Å². The second-order valence-electron chi connectivity index (χ2n) is 6.89. The van der Waals surface area contributed by atoms with Crippen molar-refractivity contribution in [2.45, 2.75) is 31.6 Å². The molecule has 1 aromatic heterocycles. The molecule has 0 aliphatic carbocycles. The van der Waals surface area contributed by atoms with Gasteiger partial charge in [0.2, 0.25) is 0 Å². The van der Waals surface area contributed by atoms with Crippen molar-refractivity contribution in [2.75, 3.05) is 39.0 Å². The average Bonchev–Trinajstić information content (AvgIpc) is 2.97. The Balaban J connectivity index is 1.89. The number of ether oxygens (including phenoxy) is 1. The molecule has 2 atom stereocenters. The Hall–Kier alpha value is -1.41. The van der Waals surface area contributed by atoms with E-state index in [2.05, 4.69) is 20.3 Å². The Morgan fingerprint density at radius 2 is 2.29 bits per heavy atom. The molecule has 0 aromatic carbocycles. The summed E-state index contributed by atoms with van der Waals surface area (Å²) >= 11 is 0. The molecule has 24 heavy (non-hydrogen) atoms. The number of nitrogens with one attached hydrogen (secondary N) is 1. The highest BCUT2D eigenvalue weighted by atomic mass is 32.2. The highest BCUT2D eigenvalue weighted by Gasteiger charge is 2.25. The van der Waals surface area contributed by atoms with E-state index in [-0.39, 0.29) is 10.9 Å². The number of guanidine groups is 1. The molecule has 8 heteroatoms. The van der Waals surface area contributed by atoms with Crippen molar-refractivity contribution in [1.29, 1.82) is 0 Å². The number of rotatable bonds is 4. The van der Waals surface area contributed by atoms with Crippen LogP contribution >= 0.6 is 0 Å². The molecule has 1 fully saturated rings. The van der Waals surface area contributed by atoms with Gasteiger partial charge in [0.1, 0.15) is 6.10 Å². The van der Waals surface area contributed by atoms with Crippen molar-refractivity contribution >= 4 is 16.8 Å². The van der Waals surface area contributed by atoms with Crippen molar-refractivity contribution in [2.24, 2.45) is 12.0 Å². The highest BCUT2D eigenvalue weighted by Crippen LogP contribution is 2.21. The van der Waals surface area contributed by atoms with Gasteiger partial charge in [0, 0.05) is 60.2 Å². The predicted molar refractivity (Wildman–Crippen MR) is 97.6 cm³/mol. The smallest absolute Gasteiger partial charge is 0.193 e. The average molecular weight is 356 g/mol. The van der Waals surface area contributed by atoms with Crippen LogP contribution in [0.3, 0.4) is 0 Å². The maximum absolute atomic E-state index is 12.1. The van der Waals surface area contributed by atoms with Gasteiger partial charge in [-0.15, -0.1) is 0 Å². The van der Waals surface area contributed by atoms with Crippen LogP contribution in [0.15, 0.2) is 17.4 Å². The third-order valence-electron chi connectivity index (χ3n) is 3.93. The quantitative estimate of drug-likeness (QED) is 0.642. The maximum Gasteiger partial charge on any atom is 0.193 e. The van der Waals surface area contributed by atoms with Gasteiger partial charge in [-0.1, -0.05) is 0 Å². The Labute approximate surface area is 146 Å². The molecule has 136 valence electrons. The number of aromatic nitrogens is 2. The Kier molecular flexibility index (Phi) is 6.40. The summed E-state index contributed by atoms with van der Waals surface area (Å²) < 4.78 is 19.6. The van der Waals surface area contributed by atoms with Gasteiger partial charge >= 0.3 is 0 Å². The van der Waals surface area contributed by atoms with E-state index in [4.69, 9.17) is 4.74 Å². The minimum atomic E-state index is -0.866. The minimum Gasteiger partial charge on any atom is -0.370 e. The van der Waals surface area contributed by atoms with E-state index in [0.717, 1.165) is 24.6 Å². The molecule has 0 radical (unpaired) electrons. The first-order chi connectivity index (χ1) is 11.3. The third-order valence-corrected chi connectivity index (χ3v) is 5.87. The summed E-state index contributed by atoms with van der Waals surface area (Å²) in [6.45, 7) is 8.81. The predicted octanol–water partition coefficient (Wildman–Crippen LogP) is 0.916. The van der Waals surface area contributed by atoms with Crippen molar-refractivity contribution < 1.29 is 8.95 Å². The van der Waals surface area contributed by atoms with E-state index < -0.39 is 10.8 Å². The number of hydrogen-bond donors (Lipinski definition) is 1. The van der Waals surface area contributed by atoms with Gasteiger partial charge in [0.15, 0.2) is 5.96 Å². The molecule has 2 heterocycles. The molecule has 1 aliphatic rings. The number of aliphatic imine (C=N–C) groups is 1. The van der Waals surface area contributed by atoms with Gasteiger partial charge < -0.3 is 15.0 Å². The van der Waals surface area contributed by atoms with Crippen molar-refractivity contribution in [3.05, 3.63) is 18.0 Å². The van der Waals surface area contributed by atoms with E-state index in [0.29, 0.717) is 18.9 Å². The van der Waals surface area contributed by atoms with Crippen molar-refractivity contribution in [3.8, 4) is 0 Å². The van der Waals surface area contributed by atoms with Crippen molar-refractivity contribution in [3.63, 3.8) is 0 Å². The molecule has 0 spiro atoms. The zero-order valence-corrected chi connectivity index (χ0v) is 16.1. The number of morpholine rings is 1. The lowest BCUT2D eigenvalue weighted by atomic mass is 10.1. The molecule has 2 rings (SSSR count). The van der Waals surface area contributed by atoms with Crippen LogP contribution in [0, 0.1) is 0 Å². The molecular formula is C16H29N5O2S. The number of nitrogens with zero attached hydrogens (tertiary/aromatic N) is 4. The third kappa shape index (κ3) is 5.04. The van der Waals surface area contributed by atoms with Crippen LogP contribution in [-0.2, 0) is 22.6 Å². The second-order valence-corrected chi connectivity index (χ2v) is 9.21. The molecule has 1 saturated heterocycles. The summed E-state index contributed by atoms with van der Waals surface area (Å²) in [5.74, 6) is 1.44. The van der Waals surface area contributed by atoms with Gasteiger partial charge in [0.25, 0.3) is 0 Å². The summed E-state index contributed by atoms with van der Waals surface area (Å²) in [5, 5.41) is 7.54. The van der Waals surface area contributed by atoms with Gasteiger partial charge in [-0.05, 0) is 20.8 Å². The molecule has 0 amide bonds. The molecule has 0 saturated carbocycles. The van der Waals surface area contributed by atoms with Crippen LogP contribution < -0.4 is 5.32 Å². The fourth-order valence-electron chi connectivity index (χ4n) is 2.54. The van der Waals surface area contributed by atoms with E-state index in [9.17, 15) is 4.21 Å². The SMILES string of the molecule is CN=C(NCCS(=O)C(C)(C)C)N1CCOC(c2cnn(C)c2)C1. The fraction of sp³-hybridized carbons (Fsp3) is 0.750. The summed E-state index contributed by atoms with van der Waals surface area (Å²) in [6.07, 6.45) is 3.82. The molecule has 0 bridgehead atoms. The molecule has 1 aromatic rings. The van der Waals surface area contributed by atoms with Gasteiger partial charge in [-0.3, -0.25) is 13.9 Å². The lowest BCUT2D eigenvalue weighted by Crippen LogP contribution is -2.49. The zero-order chi connectivity index (χ0) is 17.7. The van der Waals surface area contributed by atoms with E-state index in [1.807, 2.05) is 40.2 Å². The Bertz CT molecular complexity index is 594. The lowest BCUT2D eigenvalue weighted by Gasteiger charge is -2.34. The lowest BCUT2D eigenvalue weighted by molar-refractivity contribution is -0.00798. The largest absolute Gasteiger partial charge is 0.370 e. The van der Waals surface area contributed by atoms with E-state index in [1.54, 1.807) is 11.7 Å². The zero-order valence-electron chi connectivity index (χ0n) is 15.3. The molecule has 7 nitrogen and oxygen atoms in total. The van der Waals surface area contributed by atoms with Gasteiger partial charge in [0.05, 0.1) is 19.3 Å².